The topological polar surface area (TPSA) is 97.6 Å². The van der Waals surface area contributed by atoms with Gasteiger partial charge in [-0.1, -0.05) is 17.7 Å². The Bertz CT molecular complexity index is 1160. The molecule has 0 aliphatic carbocycles. The van der Waals surface area contributed by atoms with E-state index >= 15 is 0 Å². The van der Waals surface area contributed by atoms with E-state index in [-0.39, 0.29) is 16.9 Å². The number of aryl methyl sites for hydroxylation is 1. The van der Waals surface area contributed by atoms with Crippen molar-refractivity contribution in [2.75, 3.05) is 13.7 Å². The number of methoxy groups -OCH3 is 1. The average Bonchev–Trinajstić information content (AvgIpc) is 3.41. The van der Waals surface area contributed by atoms with E-state index in [2.05, 4.69) is 9.97 Å². The molecule has 1 aliphatic rings. The predicted molar refractivity (Wildman–Crippen MR) is 118 cm³/mol. The molecular weight excluding hydrogens is 432 g/mol. The summed E-state index contributed by atoms with van der Waals surface area (Å²) in [4.78, 5) is 35.9. The molecule has 0 bridgehead atoms. The van der Waals surface area contributed by atoms with Gasteiger partial charge in [0.2, 0.25) is 0 Å². The summed E-state index contributed by atoms with van der Waals surface area (Å²) in [7, 11) is 1.45. The summed E-state index contributed by atoms with van der Waals surface area (Å²) in [5.74, 6) is -1.48. The summed E-state index contributed by atoms with van der Waals surface area (Å²) in [6.45, 7) is 0.924. The molecule has 1 unspecified atom stereocenters. The number of amides is 1. The number of ether oxygens (including phenoxy) is 1. The molecular formula is C23H21ClN4O4. The number of hydrogen-bond acceptors (Lipinski definition) is 6. The molecule has 164 valence electrons. The van der Waals surface area contributed by atoms with Crippen molar-refractivity contribution in [1.29, 1.82) is 0 Å². The lowest BCUT2D eigenvalue weighted by Gasteiger charge is -2.24. The minimum atomic E-state index is -0.831. The fraction of sp³-hybridized carbons (Fsp3) is 0.217. The highest BCUT2D eigenvalue weighted by Gasteiger charge is 2.46. The van der Waals surface area contributed by atoms with Crippen molar-refractivity contribution < 1.29 is 19.4 Å². The third-order valence-corrected chi connectivity index (χ3v) is 5.53. The van der Waals surface area contributed by atoms with Crippen LogP contribution >= 0.6 is 11.6 Å². The minimum absolute atomic E-state index is 0.0445. The minimum Gasteiger partial charge on any atom is -0.507 e. The zero-order valence-corrected chi connectivity index (χ0v) is 18.1. The van der Waals surface area contributed by atoms with Crippen molar-refractivity contribution in [3.05, 3.63) is 83.2 Å². The van der Waals surface area contributed by atoms with Crippen LogP contribution in [0.3, 0.4) is 0 Å². The number of halogens is 1. The largest absolute Gasteiger partial charge is 0.507 e. The quantitative estimate of drug-likeness (QED) is 0.335. The maximum atomic E-state index is 13.1. The number of nitrogens with zero attached hydrogens (tertiary/aromatic N) is 4. The molecule has 9 heteroatoms. The van der Waals surface area contributed by atoms with E-state index in [1.807, 2.05) is 10.8 Å². The zero-order chi connectivity index (χ0) is 22.7. The molecule has 1 saturated heterocycles. The van der Waals surface area contributed by atoms with E-state index in [4.69, 9.17) is 16.3 Å². The number of hydrogen-bond donors (Lipinski definition) is 1. The number of ketones is 1. The Balaban J connectivity index is 1.76. The van der Waals surface area contributed by atoms with Gasteiger partial charge in [-0.05, 0) is 36.8 Å². The van der Waals surface area contributed by atoms with Gasteiger partial charge in [0.15, 0.2) is 0 Å². The maximum absolute atomic E-state index is 13.1. The molecule has 1 amide bonds. The molecule has 32 heavy (non-hydrogen) atoms. The van der Waals surface area contributed by atoms with Gasteiger partial charge in [-0.2, -0.15) is 0 Å². The van der Waals surface area contributed by atoms with E-state index in [1.54, 1.807) is 49.1 Å². The molecule has 0 saturated carbocycles. The van der Waals surface area contributed by atoms with Crippen LogP contribution in [-0.2, 0) is 16.1 Å². The van der Waals surface area contributed by atoms with Gasteiger partial charge in [0.1, 0.15) is 17.6 Å². The fourth-order valence-corrected chi connectivity index (χ4v) is 3.98. The lowest BCUT2D eigenvalue weighted by Crippen LogP contribution is -2.31. The van der Waals surface area contributed by atoms with Crippen LogP contribution in [-0.4, -0.2) is 49.9 Å². The Morgan fingerprint density at radius 2 is 2.03 bits per heavy atom. The SMILES string of the molecule is COc1ccc(Cl)cc1C(O)=C1C(=O)C(=O)N(CCCn2ccnc2)C1c1ccccn1. The molecule has 8 nitrogen and oxygen atoms in total. The van der Waals surface area contributed by atoms with Crippen LogP contribution in [0, 0.1) is 0 Å². The number of benzene rings is 1. The van der Waals surface area contributed by atoms with Crippen LogP contribution in [0.25, 0.3) is 5.76 Å². The van der Waals surface area contributed by atoms with Crippen LogP contribution in [0.5, 0.6) is 5.75 Å². The summed E-state index contributed by atoms with van der Waals surface area (Å²) >= 11 is 6.12. The first-order chi connectivity index (χ1) is 15.5. The number of imidazole rings is 1. The Morgan fingerprint density at radius 3 is 2.72 bits per heavy atom. The highest BCUT2D eigenvalue weighted by atomic mass is 35.5. The summed E-state index contributed by atoms with van der Waals surface area (Å²) in [5, 5.41) is 11.5. The Kier molecular flexibility index (Phi) is 6.23. The van der Waals surface area contributed by atoms with Gasteiger partial charge in [0.25, 0.3) is 11.7 Å². The first-order valence-corrected chi connectivity index (χ1v) is 10.4. The van der Waals surface area contributed by atoms with Crippen LogP contribution in [0.1, 0.15) is 23.7 Å². The number of aliphatic hydroxyl groups is 1. The van der Waals surface area contributed by atoms with Crippen molar-refractivity contribution in [1.82, 2.24) is 19.4 Å². The molecule has 1 aliphatic heterocycles. The van der Waals surface area contributed by atoms with Crippen LogP contribution in [0.15, 0.2) is 66.9 Å². The van der Waals surface area contributed by atoms with Crippen LogP contribution < -0.4 is 4.74 Å². The van der Waals surface area contributed by atoms with Gasteiger partial charge in [-0.25, -0.2) is 4.98 Å². The first-order valence-electron chi connectivity index (χ1n) is 10.00. The summed E-state index contributed by atoms with van der Waals surface area (Å²) < 4.78 is 7.22. The lowest BCUT2D eigenvalue weighted by molar-refractivity contribution is -0.140. The van der Waals surface area contributed by atoms with Gasteiger partial charge in [-0.15, -0.1) is 0 Å². The first kappa shape index (κ1) is 21.6. The third-order valence-electron chi connectivity index (χ3n) is 5.30. The number of aliphatic hydroxyl groups excluding tert-OH is 1. The van der Waals surface area contributed by atoms with E-state index in [0.29, 0.717) is 36.0 Å². The number of Topliss-reactive ketones (excluding diaryl/α,β-unsaturated/α-hetero) is 1. The van der Waals surface area contributed by atoms with E-state index in [9.17, 15) is 14.7 Å². The van der Waals surface area contributed by atoms with E-state index in [0.717, 1.165) is 0 Å². The number of aromatic nitrogens is 3. The standard InChI is InChI=1S/C23H21ClN4O4/c1-32-18-7-6-15(24)13-16(18)21(29)19-20(17-5-2-3-8-26-17)28(23(31)22(19)30)11-4-10-27-12-9-25-14-27/h2-3,5-9,12-14,20,29H,4,10-11H2,1H3. The van der Waals surface area contributed by atoms with Crippen molar-refractivity contribution >= 4 is 29.1 Å². The molecule has 1 atom stereocenters. The molecule has 3 aromatic rings. The highest BCUT2D eigenvalue weighted by Crippen LogP contribution is 2.40. The number of rotatable bonds is 7. The Hall–Kier alpha value is -3.65. The van der Waals surface area contributed by atoms with Crippen molar-refractivity contribution in [3.8, 4) is 5.75 Å². The lowest BCUT2D eigenvalue weighted by atomic mass is 9.98. The van der Waals surface area contributed by atoms with E-state index < -0.39 is 17.7 Å². The molecule has 2 aromatic heterocycles. The second kappa shape index (κ2) is 9.23. The average molecular weight is 453 g/mol. The highest BCUT2D eigenvalue weighted by molar-refractivity contribution is 6.46. The number of carbonyl (C=O) groups is 2. The van der Waals surface area contributed by atoms with Crippen molar-refractivity contribution in [2.24, 2.45) is 0 Å². The molecule has 3 heterocycles. The molecule has 1 fully saturated rings. The normalized spacial score (nSPS) is 17.7. The second-order valence-corrected chi connectivity index (χ2v) is 7.68. The van der Waals surface area contributed by atoms with Gasteiger partial charge < -0.3 is 19.3 Å². The Labute approximate surface area is 189 Å². The van der Waals surface area contributed by atoms with Crippen molar-refractivity contribution in [3.63, 3.8) is 0 Å². The molecule has 4 rings (SSSR count). The maximum Gasteiger partial charge on any atom is 0.295 e. The van der Waals surface area contributed by atoms with Gasteiger partial charge in [0, 0.05) is 36.7 Å². The zero-order valence-electron chi connectivity index (χ0n) is 17.3. The van der Waals surface area contributed by atoms with Crippen LogP contribution in [0.2, 0.25) is 5.02 Å². The van der Waals surface area contributed by atoms with Crippen molar-refractivity contribution in [2.45, 2.75) is 19.0 Å². The van der Waals surface area contributed by atoms with Gasteiger partial charge in [-0.3, -0.25) is 14.6 Å². The molecule has 0 spiro atoms. The summed E-state index contributed by atoms with van der Waals surface area (Å²) in [6.07, 6.45) is 7.37. The van der Waals surface area contributed by atoms with Crippen LogP contribution in [0.4, 0.5) is 0 Å². The summed E-state index contributed by atoms with van der Waals surface area (Å²) in [5.41, 5.74) is 0.672. The molecule has 1 N–H and O–H groups in total. The van der Waals surface area contributed by atoms with Gasteiger partial charge >= 0.3 is 0 Å². The number of likely N-dealkylation sites (tertiary alicyclic amines) is 1. The predicted octanol–water partition coefficient (Wildman–Crippen LogP) is 3.45. The molecule has 1 aromatic carbocycles. The number of carbonyl (C=O) groups excluding carboxylic acids is 2. The molecule has 0 radical (unpaired) electrons. The second-order valence-electron chi connectivity index (χ2n) is 7.25. The smallest absolute Gasteiger partial charge is 0.295 e. The number of pyridine rings is 1. The Morgan fingerprint density at radius 1 is 1.19 bits per heavy atom. The summed E-state index contributed by atoms with van der Waals surface area (Å²) in [6, 6.07) is 9.11. The van der Waals surface area contributed by atoms with Gasteiger partial charge in [0.05, 0.1) is 30.3 Å². The monoisotopic (exact) mass is 452 g/mol. The fourth-order valence-electron chi connectivity index (χ4n) is 3.81. The van der Waals surface area contributed by atoms with E-state index in [1.165, 1.54) is 18.1 Å². The third kappa shape index (κ3) is 4.09.